The summed E-state index contributed by atoms with van der Waals surface area (Å²) in [5.41, 5.74) is 1.47. The fourth-order valence-corrected chi connectivity index (χ4v) is 4.48. The zero-order chi connectivity index (χ0) is 17.9. The van der Waals surface area contributed by atoms with Crippen molar-refractivity contribution in [3.05, 3.63) is 64.7 Å². The summed E-state index contributed by atoms with van der Waals surface area (Å²) in [5, 5.41) is -0.0132. The minimum atomic E-state index is -3.92. The van der Waals surface area contributed by atoms with E-state index in [4.69, 9.17) is 27.9 Å². The lowest BCUT2D eigenvalue weighted by Crippen LogP contribution is -2.31. The highest BCUT2D eigenvalue weighted by molar-refractivity contribution is 7.93. The van der Waals surface area contributed by atoms with E-state index < -0.39 is 10.0 Å². The van der Waals surface area contributed by atoms with Crippen LogP contribution in [0.25, 0.3) is 0 Å². The van der Waals surface area contributed by atoms with Gasteiger partial charge in [0.25, 0.3) is 10.0 Å². The first kappa shape index (κ1) is 18.6. The van der Waals surface area contributed by atoms with Gasteiger partial charge in [-0.15, -0.1) is 6.58 Å². The Labute approximate surface area is 152 Å². The number of aryl methyl sites for hydroxylation is 1. The number of benzene rings is 2. The van der Waals surface area contributed by atoms with Crippen LogP contribution < -0.4 is 9.04 Å². The molecule has 0 aromatic heterocycles. The maximum Gasteiger partial charge on any atom is 0.266 e. The number of methoxy groups -OCH3 is 1. The second-order valence-corrected chi connectivity index (χ2v) is 7.64. The van der Waals surface area contributed by atoms with Crippen LogP contribution >= 0.6 is 23.2 Å². The lowest BCUT2D eigenvalue weighted by Gasteiger charge is -2.24. The molecule has 2 aromatic carbocycles. The van der Waals surface area contributed by atoms with Crippen molar-refractivity contribution in [1.29, 1.82) is 0 Å². The van der Waals surface area contributed by atoms with Crippen molar-refractivity contribution in [2.75, 3.05) is 18.0 Å². The molecule has 128 valence electrons. The van der Waals surface area contributed by atoms with Gasteiger partial charge in [-0.05, 0) is 36.8 Å². The normalized spacial score (nSPS) is 11.2. The van der Waals surface area contributed by atoms with Gasteiger partial charge in [-0.3, -0.25) is 4.31 Å². The Balaban J connectivity index is 2.62. The van der Waals surface area contributed by atoms with E-state index in [1.54, 1.807) is 18.2 Å². The van der Waals surface area contributed by atoms with E-state index in [9.17, 15) is 8.42 Å². The first-order valence-corrected chi connectivity index (χ1v) is 9.24. The minimum absolute atomic E-state index is 0.0584. The average molecular weight is 386 g/mol. The van der Waals surface area contributed by atoms with Crippen LogP contribution in [0, 0.1) is 6.92 Å². The van der Waals surface area contributed by atoms with Crippen LogP contribution in [0.15, 0.2) is 53.9 Å². The highest BCUT2D eigenvalue weighted by Gasteiger charge is 2.28. The molecule has 0 atom stereocenters. The van der Waals surface area contributed by atoms with E-state index in [1.807, 2.05) is 13.0 Å². The zero-order valence-electron chi connectivity index (χ0n) is 13.3. The van der Waals surface area contributed by atoms with Crippen molar-refractivity contribution in [3.8, 4) is 5.75 Å². The van der Waals surface area contributed by atoms with Crippen molar-refractivity contribution >= 4 is 38.9 Å². The van der Waals surface area contributed by atoms with Crippen LogP contribution in [0.1, 0.15) is 5.56 Å². The van der Waals surface area contributed by atoms with Gasteiger partial charge in [0.15, 0.2) is 0 Å². The average Bonchev–Trinajstić information content (AvgIpc) is 2.54. The number of nitrogens with zero attached hydrogens (tertiary/aromatic N) is 1. The fraction of sp³-hybridized carbons (Fsp3) is 0.176. The van der Waals surface area contributed by atoms with Crippen LogP contribution in [0.3, 0.4) is 0 Å². The van der Waals surface area contributed by atoms with Crippen LogP contribution in [0.5, 0.6) is 5.75 Å². The molecule has 0 aliphatic rings. The van der Waals surface area contributed by atoms with E-state index in [2.05, 4.69) is 6.58 Å². The summed E-state index contributed by atoms with van der Waals surface area (Å²) in [6, 6.07) is 10.0. The van der Waals surface area contributed by atoms with E-state index in [1.165, 1.54) is 29.6 Å². The highest BCUT2D eigenvalue weighted by atomic mass is 35.5. The van der Waals surface area contributed by atoms with Crippen LogP contribution in [-0.2, 0) is 10.0 Å². The van der Waals surface area contributed by atoms with E-state index >= 15 is 0 Å². The van der Waals surface area contributed by atoms with Gasteiger partial charge in [0.1, 0.15) is 15.7 Å². The molecule has 2 aromatic rings. The predicted octanol–water partition coefficient (Wildman–Crippen LogP) is 4.69. The Kier molecular flexibility index (Phi) is 5.80. The van der Waals surface area contributed by atoms with Crippen molar-refractivity contribution in [3.63, 3.8) is 0 Å². The molecule has 0 heterocycles. The summed E-state index contributed by atoms with van der Waals surface area (Å²) < 4.78 is 32.5. The molecule has 0 amide bonds. The first-order valence-electron chi connectivity index (χ1n) is 7.05. The van der Waals surface area contributed by atoms with Crippen LogP contribution in [0.2, 0.25) is 10.0 Å². The quantitative estimate of drug-likeness (QED) is 0.677. The smallest absolute Gasteiger partial charge is 0.266 e. The molecule has 0 radical (unpaired) electrons. The number of anilines is 1. The SMILES string of the molecule is C=CCN(c1cccc(C)c1)S(=O)(=O)c1ccc(OC)c(Cl)c1Cl. The molecule has 0 N–H and O–H groups in total. The molecule has 0 saturated carbocycles. The van der Waals surface area contributed by atoms with Crippen LogP contribution in [0.4, 0.5) is 5.69 Å². The number of hydrogen-bond donors (Lipinski definition) is 0. The Hall–Kier alpha value is -1.69. The fourth-order valence-electron chi connectivity index (χ4n) is 2.23. The second kappa shape index (κ2) is 7.47. The van der Waals surface area contributed by atoms with Crippen LogP contribution in [-0.4, -0.2) is 22.1 Å². The molecule has 0 spiro atoms. The molecule has 2 rings (SSSR count). The van der Waals surface area contributed by atoms with Gasteiger partial charge in [-0.25, -0.2) is 8.42 Å². The number of ether oxygens (including phenoxy) is 1. The Morgan fingerprint density at radius 1 is 1.21 bits per heavy atom. The van der Waals surface area contributed by atoms with Gasteiger partial charge < -0.3 is 4.74 Å². The molecule has 0 bridgehead atoms. The third kappa shape index (κ3) is 3.53. The van der Waals surface area contributed by atoms with Gasteiger partial charge >= 0.3 is 0 Å². The van der Waals surface area contributed by atoms with E-state index in [0.717, 1.165) is 5.56 Å². The number of halogens is 2. The van der Waals surface area contributed by atoms with Crippen molar-refractivity contribution in [2.24, 2.45) is 0 Å². The summed E-state index contributed by atoms with van der Waals surface area (Å²) in [4.78, 5) is -0.0849. The third-order valence-electron chi connectivity index (χ3n) is 3.38. The molecule has 4 nitrogen and oxygen atoms in total. The maximum atomic E-state index is 13.1. The van der Waals surface area contributed by atoms with E-state index in [-0.39, 0.29) is 21.5 Å². The monoisotopic (exact) mass is 385 g/mol. The Morgan fingerprint density at radius 3 is 2.50 bits per heavy atom. The number of sulfonamides is 1. The number of rotatable bonds is 6. The van der Waals surface area contributed by atoms with Gasteiger partial charge in [-0.1, -0.05) is 41.4 Å². The minimum Gasteiger partial charge on any atom is -0.495 e. The third-order valence-corrected chi connectivity index (χ3v) is 6.20. The van der Waals surface area contributed by atoms with Gasteiger partial charge in [0, 0.05) is 0 Å². The summed E-state index contributed by atoms with van der Waals surface area (Å²) in [6.07, 6.45) is 1.51. The van der Waals surface area contributed by atoms with Crippen molar-refractivity contribution in [1.82, 2.24) is 0 Å². The molecular formula is C17H17Cl2NO3S. The van der Waals surface area contributed by atoms with E-state index in [0.29, 0.717) is 11.4 Å². The topological polar surface area (TPSA) is 46.6 Å². The van der Waals surface area contributed by atoms with Crippen molar-refractivity contribution < 1.29 is 13.2 Å². The molecule has 0 aliphatic carbocycles. The first-order chi connectivity index (χ1) is 11.3. The standard InChI is InChI=1S/C17H17Cl2NO3S/c1-4-10-20(13-7-5-6-12(2)11-13)24(21,22)15-9-8-14(23-3)16(18)17(15)19/h4-9,11H,1,10H2,2-3H3. The zero-order valence-corrected chi connectivity index (χ0v) is 15.6. The lowest BCUT2D eigenvalue weighted by molar-refractivity contribution is 0.414. The highest BCUT2D eigenvalue weighted by Crippen LogP contribution is 2.38. The number of hydrogen-bond acceptors (Lipinski definition) is 3. The molecular weight excluding hydrogens is 369 g/mol. The van der Waals surface area contributed by atoms with Crippen molar-refractivity contribution in [2.45, 2.75) is 11.8 Å². The van der Waals surface area contributed by atoms with Gasteiger partial charge in [0.2, 0.25) is 0 Å². The molecule has 0 unspecified atom stereocenters. The molecule has 0 saturated heterocycles. The predicted molar refractivity (Wildman–Crippen MR) is 98.9 cm³/mol. The maximum absolute atomic E-state index is 13.1. The summed E-state index contributed by atoms with van der Waals surface area (Å²) in [6.45, 7) is 5.63. The van der Waals surface area contributed by atoms with Gasteiger partial charge in [0.05, 0.1) is 24.4 Å². The van der Waals surface area contributed by atoms with Gasteiger partial charge in [-0.2, -0.15) is 0 Å². The summed E-state index contributed by atoms with van der Waals surface area (Å²) >= 11 is 12.3. The molecule has 24 heavy (non-hydrogen) atoms. The molecule has 7 heteroatoms. The second-order valence-electron chi connectivity index (χ2n) is 5.06. The molecule has 0 aliphatic heterocycles. The Bertz CT molecular complexity index is 866. The largest absolute Gasteiger partial charge is 0.495 e. The summed E-state index contributed by atoms with van der Waals surface area (Å²) in [5.74, 6) is 0.312. The Morgan fingerprint density at radius 2 is 1.92 bits per heavy atom. The lowest BCUT2D eigenvalue weighted by atomic mass is 10.2. The summed E-state index contributed by atoms with van der Waals surface area (Å²) in [7, 11) is -2.49. The molecule has 0 fully saturated rings.